The Balaban J connectivity index is 1.64. The number of nitrogens with zero attached hydrogens (tertiary/aromatic N) is 4. The Bertz CT molecular complexity index is 890. The van der Waals surface area contributed by atoms with E-state index in [0.717, 1.165) is 5.56 Å². The SMILES string of the molecule is CCN(C(=O)c1cn(C/C=C/c2ccccc2)nn1)[C@H]1CCS(=O)(=O)C1. The Kier molecular flexibility index (Phi) is 5.51. The summed E-state index contributed by atoms with van der Waals surface area (Å²) in [6.45, 7) is 2.79. The number of benzene rings is 1. The van der Waals surface area contributed by atoms with E-state index in [-0.39, 0.29) is 29.1 Å². The molecular formula is C18H22N4O3S. The summed E-state index contributed by atoms with van der Waals surface area (Å²) >= 11 is 0. The van der Waals surface area contributed by atoms with E-state index in [4.69, 9.17) is 0 Å². The van der Waals surface area contributed by atoms with E-state index in [1.165, 1.54) is 0 Å². The second-order valence-corrected chi connectivity index (χ2v) is 8.52. The molecule has 0 N–H and O–H groups in total. The highest BCUT2D eigenvalue weighted by molar-refractivity contribution is 7.91. The Morgan fingerprint density at radius 3 is 2.77 bits per heavy atom. The number of hydrogen-bond donors (Lipinski definition) is 0. The van der Waals surface area contributed by atoms with Crippen molar-refractivity contribution in [1.29, 1.82) is 0 Å². The van der Waals surface area contributed by atoms with E-state index in [1.54, 1.807) is 15.8 Å². The van der Waals surface area contributed by atoms with Gasteiger partial charge in [-0.05, 0) is 18.9 Å². The summed E-state index contributed by atoms with van der Waals surface area (Å²) in [5.74, 6) is -0.105. The fraction of sp³-hybridized carbons (Fsp3) is 0.389. The first-order valence-corrected chi connectivity index (χ1v) is 10.4. The molecule has 1 atom stereocenters. The van der Waals surface area contributed by atoms with Crippen LogP contribution in [0.4, 0.5) is 0 Å². The van der Waals surface area contributed by atoms with Gasteiger partial charge in [0, 0.05) is 12.6 Å². The quantitative estimate of drug-likeness (QED) is 0.767. The lowest BCUT2D eigenvalue weighted by Crippen LogP contribution is -2.41. The van der Waals surface area contributed by atoms with E-state index in [2.05, 4.69) is 10.3 Å². The largest absolute Gasteiger partial charge is 0.333 e. The number of sulfone groups is 1. The van der Waals surface area contributed by atoms with Crippen molar-refractivity contribution >= 4 is 21.8 Å². The molecule has 1 saturated heterocycles. The highest BCUT2D eigenvalue weighted by atomic mass is 32.2. The number of rotatable bonds is 6. The Morgan fingerprint density at radius 2 is 2.12 bits per heavy atom. The Morgan fingerprint density at radius 1 is 1.35 bits per heavy atom. The summed E-state index contributed by atoms with van der Waals surface area (Å²) in [6.07, 6.45) is 6.00. The average molecular weight is 374 g/mol. The first kappa shape index (κ1) is 18.3. The molecule has 0 unspecified atom stereocenters. The number of carbonyl (C=O) groups is 1. The smallest absolute Gasteiger partial charge is 0.276 e. The highest BCUT2D eigenvalue weighted by Crippen LogP contribution is 2.19. The van der Waals surface area contributed by atoms with Crippen molar-refractivity contribution in [1.82, 2.24) is 19.9 Å². The van der Waals surface area contributed by atoms with Crippen LogP contribution in [0.15, 0.2) is 42.6 Å². The molecule has 1 amide bonds. The second kappa shape index (κ2) is 7.82. The summed E-state index contributed by atoms with van der Waals surface area (Å²) < 4.78 is 25.0. The minimum absolute atomic E-state index is 0.0283. The van der Waals surface area contributed by atoms with Gasteiger partial charge in [0.2, 0.25) is 0 Å². The molecule has 1 aromatic carbocycles. The van der Waals surface area contributed by atoms with E-state index in [9.17, 15) is 13.2 Å². The van der Waals surface area contributed by atoms with Crippen LogP contribution in [0, 0.1) is 0 Å². The minimum atomic E-state index is -3.04. The molecule has 2 aromatic rings. The van der Waals surface area contributed by atoms with Gasteiger partial charge in [-0.1, -0.05) is 47.7 Å². The van der Waals surface area contributed by atoms with Gasteiger partial charge in [0.05, 0.1) is 24.2 Å². The molecule has 0 spiro atoms. The van der Waals surface area contributed by atoms with Gasteiger partial charge < -0.3 is 4.90 Å². The molecule has 1 fully saturated rings. The summed E-state index contributed by atoms with van der Waals surface area (Å²) in [4.78, 5) is 14.3. The van der Waals surface area contributed by atoms with Crippen molar-refractivity contribution in [2.75, 3.05) is 18.1 Å². The highest BCUT2D eigenvalue weighted by Gasteiger charge is 2.34. The van der Waals surface area contributed by atoms with Gasteiger partial charge in [0.15, 0.2) is 15.5 Å². The van der Waals surface area contributed by atoms with E-state index < -0.39 is 9.84 Å². The van der Waals surface area contributed by atoms with Crippen LogP contribution in [-0.4, -0.2) is 58.3 Å². The van der Waals surface area contributed by atoms with E-state index in [1.807, 2.05) is 49.4 Å². The number of aromatic nitrogens is 3. The van der Waals surface area contributed by atoms with Crippen LogP contribution in [-0.2, 0) is 16.4 Å². The first-order valence-electron chi connectivity index (χ1n) is 8.61. The molecule has 1 aliphatic heterocycles. The maximum Gasteiger partial charge on any atom is 0.276 e. The minimum Gasteiger partial charge on any atom is -0.333 e. The van der Waals surface area contributed by atoms with Gasteiger partial charge in [0.1, 0.15) is 0 Å². The van der Waals surface area contributed by atoms with Crippen molar-refractivity contribution in [2.24, 2.45) is 0 Å². The zero-order chi connectivity index (χ0) is 18.6. The van der Waals surface area contributed by atoms with Crippen molar-refractivity contribution in [3.63, 3.8) is 0 Å². The average Bonchev–Trinajstić information content (AvgIpc) is 3.23. The van der Waals surface area contributed by atoms with E-state index in [0.29, 0.717) is 19.5 Å². The van der Waals surface area contributed by atoms with Crippen LogP contribution in [0.1, 0.15) is 29.4 Å². The third-order valence-electron chi connectivity index (χ3n) is 4.41. The lowest BCUT2D eigenvalue weighted by atomic mass is 10.2. The van der Waals surface area contributed by atoms with E-state index >= 15 is 0 Å². The Hall–Kier alpha value is -2.48. The van der Waals surface area contributed by atoms with Crippen LogP contribution in [0.25, 0.3) is 6.08 Å². The monoisotopic (exact) mass is 374 g/mol. The molecule has 26 heavy (non-hydrogen) atoms. The maximum atomic E-state index is 12.7. The number of allylic oxidation sites excluding steroid dienone is 1. The van der Waals surface area contributed by atoms with Crippen molar-refractivity contribution in [3.05, 3.63) is 53.9 Å². The topological polar surface area (TPSA) is 85.2 Å². The van der Waals surface area contributed by atoms with Gasteiger partial charge in [-0.2, -0.15) is 0 Å². The van der Waals surface area contributed by atoms with Crippen LogP contribution in [0.5, 0.6) is 0 Å². The lowest BCUT2D eigenvalue weighted by Gasteiger charge is -2.25. The molecule has 1 aliphatic rings. The molecule has 7 nitrogen and oxygen atoms in total. The summed E-state index contributed by atoms with van der Waals surface area (Å²) in [6, 6.07) is 9.62. The fourth-order valence-corrected chi connectivity index (χ4v) is 4.81. The predicted molar refractivity (Wildman–Crippen MR) is 99.3 cm³/mol. The molecular weight excluding hydrogens is 352 g/mol. The lowest BCUT2D eigenvalue weighted by molar-refractivity contribution is 0.0702. The van der Waals surface area contributed by atoms with Gasteiger partial charge in [-0.3, -0.25) is 4.79 Å². The van der Waals surface area contributed by atoms with Gasteiger partial charge in [-0.25, -0.2) is 13.1 Å². The van der Waals surface area contributed by atoms with Crippen LogP contribution < -0.4 is 0 Å². The van der Waals surface area contributed by atoms with Gasteiger partial charge >= 0.3 is 0 Å². The number of carbonyl (C=O) groups excluding carboxylic acids is 1. The molecule has 0 bridgehead atoms. The summed E-state index contributed by atoms with van der Waals surface area (Å²) in [7, 11) is -3.04. The van der Waals surface area contributed by atoms with Crippen LogP contribution in [0.2, 0.25) is 0 Å². The molecule has 2 heterocycles. The molecule has 138 valence electrons. The maximum absolute atomic E-state index is 12.7. The van der Waals surface area contributed by atoms with Crippen molar-refractivity contribution < 1.29 is 13.2 Å². The van der Waals surface area contributed by atoms with Crippen molar-refractivity contribution in [3.8, 4) is 0 Å². The third kappa shape index (κ3) is 4.37. The molecule has 0 saturated carbocycles. The molecule has 8 heteroatoms. The summed E-state index contributed by atoms with van der Waals surface area (Å²) in [5.41, 5.74) is 1.33. The first-order chi connectivity index (χ1) is 12.5. The Labute approximate surface area is 153 Å². The number of hydrogen-bond acceptors (Lipinski definition) is 5. The third-order valence-corrected chi connectivity index (χ3v) is 6.16. The summed E-state index contributed by atoms with van der Waals surface area (Å²) in [5, 5.41) is 7.95. The number of amides is 1. The zero-order valence-electron chi connectivity index (χ0n) is 14.7. The van der Waals surface area contributed by atoms with Gasteiger partial charge in [-0.15, -0.1) is 5.10 Å². The standard InChI is InChI=1S/C18H22N4O3S/c1-2-22(16-10-12-26(24,25)14-16)18(23)17-13-21(20-19-17)11-6-9-15-7-4-3-5-8-15/h3-9,13,16H,2,10-12,14H2,1H3/b9-6+/t16-/m0/s1. The molecule has 0 aliphatic carbocycles. The van der Waals surface area contributed by atoms with Crippen LogP contribution >= 0.6 is 0 Å². The second-order valence-electron chi connectivity index (χ2n) is 6.29. The fourth-order valence-electron chi connectivity index (χ4n) is 3.08. The molecule has 0 radical (unpaired) electrons. The zero-order valence-corrected chi connectivity index (χ0v) is 15.5. The van der Waals surface area contributed by atoms with Crippen molar-refractivity contribution in [2.45, 2.75) is 25.9 Å². The van der Waals surface area contributed by atoms with Gasteiger partial charge in [0.25, 0.3) is 5.91 Å². The van der Waals surface area contributed by atoms with Crippen LogP contribution in [0.3, 0.4) is 0 Å². The normalized spacial score (nSPS) is 19.0. The molecule has 3 rings (SSSR count). The molecule has 1 aromatic heterocycles. The predicted octanol–water partition coefficient (Wildman–Crippen LogP) is 1.64.